The van der Waals surface area contributed by atoms with Crippen LogP contribution in [0.3, 0.4) is 0 Å². The molecule has 1 aromatic carbocycles. The number of ketones is 1. The highest BCUT2D eigenvalue weighted by atomic mass is 16.5. The lowest BCUT2D eigenvalue weighted by Gasteiger charge is -2.56. The summed E-state index contributed by atoms with van der Waals surface area (Å²) in [5.41, 5.74) is 3.80. The monoisotopic (exact) mass is 443 g/mol. The van der Waals surface area contributed by atoms with Gasteiger partial charge in [0.25, 0.3) is 0 Å². The summed E-state index contributed by atoms with van der Waals surface area (Å²) in [5.74, 6) is 2.61. The van der Waals surface area contributed by atoms with Crippen molar-refractivity contribution >= 4 is 11.6 Å². The number of carbonyl (C=O) groups excluding carboxylic acids is 1. The average Bonchev–Trinajstić information content (AvgIpc) is 2.82. The van der Waals surface area contributed by atoms with Gasteiger partial charge in [0.15, 0.2) is 5.82 Å². The molecule has 3 aromatic rings. The number of aromatic nitrogens is 3. The van der Waals surface area contributed by atoms with Crippen LogP contribution in [-0.2, 0) is 17.8 Å². The highest BCUT2D eigenvalue weighted by Crippen LogP contribution is 2.35. The van der Waals surface area contributed by atoms with Gasteiger partial charge < -0.3 is 9.64 Å². The number of pyridine rings is 1. The number of ether oxygens (including phenoxy) is 1. The number of piperazine rings is 1. The van der Waals surface area contributed by atoms with Gasteiger partial charge in [-0.3, -0.25) is 9.69 Å². The maximum atomic E-state index is 11.5. The van der Waals surface area contributed by atoms with Gasteiger partial charge in [0, 0.05) is 55.6 Å². The van der Waals surface area contributed by atoms with E-state index in [0.29, 0.717) is 24.3 Å². The topological polar surface area (TPSA) is 71.5 Å². The first-order valence-electron chi connectivity index (χ1n) is 11.4. The van der Waals surface area contributed by atoms with Crippen LogP contribution in [-0.4, -0.2) is 57.9 Å². The lowest BCUT2D eigenvalue weighted by molar-refractivity contribution is -0.116. The molecule has 3 saturated heterocycles. The van der Waals surface area contributed by atoms with E-state index >= 15 is 0 Å². The van der Waals surface area contributed by atoms with Crippen LogP contribution in [0, 0.1) is 6.92 Å². The Hall–Kier alpha value is -3.32. The number of fused-ring (bicyclic) bond motifs is 2. The molecule has 3 aliphatic rings. The van der Waals surface area contributed by atoms with Gasteiger partial charge in [0.2, 0.25) is 0 Å². The third kappa shape index (κ3) is 4.59. The number of Topliss-reactive ketones (excluding diaryl/α,β-unsaturated/α-hetero) is 1. The van der Waals surface area contributed by atoms with Crippen LogP contribution >= 0.6 is 0 Å². The molecule has 0 radical (unpaired) electrons. The Bertz CT molecular complexity index is 1130. The second-order valence-electron chi connectivity index (χ2n) is 9.08. The van der Waals surface area contributed by atoms with E-state index in [1.165, 1.54) is 12.0 Å². The highest BCUT2D eigenvalue weighted by molar-refractivity contribution is 5.77. The van der Waals surface area contributed by atoms with E-state index in [-0.39, 0.29) is 5.78 Å². The van der Waals surface area contributed by atoms with Crippen molar-refractivity contribution in [1.82, 2.24) is 19.9 Å². The molecule has 2 unspecified atom stereocenters. The smallest absolute Gasteiger partial charge is 0.161 e. The Morgan fingerprint density at radius 1 is 1.09 bits per heavy atom. The van der Waals surface area contributed by atoms with Crippen LogP contribution in [0.1, 0.15) is 30.3 Å². The van der Waals surface area contributed by atoms with Crippen LogP contribution in [0.2, 0.25) is 0 Å². The number of hydrogen-bond acceptors (Lipinski definition) is 7. The normalized spacial score (nSPS) is 19.8. The summed E-state index contributed by atoms with van der Waals surface area (Å²) >= 11 is 0. The van der Waals surface area contributed by atoms with E-state index in [4.69, 9.17) is 9.72 Å². The summed E-state index contributed by atoms with van der Waals surface area (Å²) in [7, 11) is 1.70. The number of carbonyl (C=O) groups is 1. The van der Waals surface area contributed by atoms with Crippen LogP contribution in [0.5, 0.6) is 5.75 Å². The van der Waals surface area contributed by atoms with E-state index in [1.807, 2.05) is 37.4 Å². The molecule has 0 amide bonds. The van der Waals surface area contributed by atoms with E-state index in [2.05, 4.69) is 38.0 Å². The van der Waals surface area contributed by atoms with Crippen LogP contribution < -0.4 is 9.64 Å². The van der Waals surface area contributed by atoms with E-state index in [1.54, 1.807) is 14.0 Å². The molecular weight excluding hydrogens is 414 g/mol. The fourth-order valence-corrected chi connectivity index (χ4v) is 4.89. The average molecular weight is 444 g/mol. The van der Waals surface area contributed by atoms with Crippen molar-refractivity contribution < 1.29 is 9.53 Å². The van der Waals surface area contributed by atoms with Gasteiger partial charge in [-0.05, 0) is 56.2 Å². The number of hydrogen-bond donors (Lipinski definition) is 0. The van der Waals surface area contributed by atoms with Gasteiger partial charge in [-0.2, -0.15) is 0 Å². The Balaban J connectivity index is 1.24. The zero-order valence-corrected chi connectivity index (χ0v) is 19.4. The first-order chi connectivity index (χ1) is 16.0. The molecule has 0 aliphatic carbocycles. The molecule has 33 heavy (non-hydrogen) atoms. The summed E-state index contributed by atoms with van der Waals surface area (Å²) < 4.78 is 5.27. The molecule has 0 saturated carbocycles. The number of nitrogens with zero attached hydrogens (tertiary/aromatic N) is 5. The second-order valence-corrected chi connectivity index (χ2v) is 9.08. The van der Waals surface area contributed by atoms with Gasteiger partial charge in [0.05, 0.1) is 12.8 Å². The van der Waals surface area contributed by atoms with Crippen LogP contribution in [0.25, 0.3) is 11.4 Å². The third-order valence-electron chi connectivity index (χ3n) is 6.54. The molecule has 6 rings (SSSR count). The largest absolute Gasteiger partial charge is 0.497 e. The highest BCUT2D eigenvalue weighted by Gasteiger charge is 2.44. The molecule has 0 N–H and O–H groups in total. The molecule has 7 nitrogen and oxygen atoms in total. The Morgan fingerprint density at radius 2 is 1.85 bits per heavy atom. The minimum atomic E-state index is 0.0946. The molecule has 3 fully saturated rings. The first kappa shape index (κ1) is 21.5. The quantitative estimate of drug-likeness (QED) is 0.554. The molecule has 3 aliphatic heterocycles. The molecular formula is C26H29N5O2. The van der Waals surface area contributed by atoms with Crippen molar-refractivity contribution in [1.29, 1.82) is 0 Å². The van der Waals surface area contributed by atoms with Gasteiger partial charge in [-0.25, -0.2) is 15.0 Å². The zero-order chi connectivity index (χ0) is 22.9. The van der Waals surface area contributed by atoms with Crippen molar-refractivity contribution in [3.8, 4) is 17.1 Å². The number of piperidine rings is 1. The number of anilines is 1. The van der Waals surface area contributed by atoms with Crippen molar-refractivity contribution in [3.05, 3.63) is 65.6 Å². The number of methoxy groups -OCH3 is 1. The predicted octanol–water partition coefficient (Wildman–Crippen LogP) is 3.45. The Labute approximate surface area is 194 Å². The van der Waals surface area contributed by atoms with E-state index in [0.717, 1.165) is 48.2 Å². The SMILES string of the molecule is COc1ccc(CN2C3CC2CN(c2ccc(-c4nc(C)cc(CC(C)=O)n4)cn2)C3)cc1. The van der Waals surface area contributed by atoms with Crippen molar-refractivity contribution in [2.24, 2.45) is 0 Å². The third-order valence-corrected chi connectivity index (χ3v) is 6.54. The fraction of sp³-hybridized carbons (Fsp3) is 0.385. The standard InChI is InChI=1S/C26H29N5O2/c1-17-10-21(11-18(2)32)29-26(28-17)20-6-9-25(27-13-20)30-15-22-12-23(16-30)31(22)14-19-4-7-24(33-3)8-5-19/h4-10,13,22-23H,11-12,14-16H2,1-3H3. The van der Waals surface area contributed by atoms with E-state index < -0.39 is 0 Å². The number of rotatable bonds is 7. The summed E-state index contributed by atoms with van der Waals surface area (Å²) in [4.78, 5) is 30.3. The van der Waals surface area contributed by atoms with Gasteiger partial charge in [0.1, 0.15) is 17.4 Å². The van der Waals surface area contributed by atoms with Crippen LogP contribution in [0.15, 0.2) is 48.7 Å². The molecule has 2 aromatic heterocycles. The summed E-state index contributed by atoms with van der Waals surface area (Å²) in [6.45, 7) is 6.46. The second kappa shape index (κ2) is 8.90. The van der Waals surface area contributed by atoms with Crippen molar-refractivity contribution in [2.75, 3.05) is 25.1 Å². The predicted molar refractivity (Wildman–Crippen MR) is 127 cm³/mol. The Kier molecular flexibility index (Phi) is 5.81. The van der Waals surface area contributed by atoms with E-state index in [9.17, 15) is 4.79 Å². The minimum Gasteiger partial charge on any atom is -0.497 e. The number of benzene rings is 1. The maximum absolute atomic E-state index is 11.5. The first-order valence-corrected chi connectivity index (χ1v) is 11.4. The zero-order valence-electron chi connectivity index (χ0n) is 19.4. The van der Waals surface area contributed by atoms with Gasteiger partial charge >= 0.3 is 0 Å². The van der Waals surface area contributed by atoms with Crippen molar-refractivity contribution in [2.45, 2.75) is 45.3 Å². The van der Waals surface area contributed by atoms with Crippen molar-refractivity contribution in [3.63, 3.8) is 0 Å². The molecule has 7 heteroatoms. The maximum Gasteiger partial charge on any atom is 0.161 e. The minimum absolute atomic E-state index is 0.0946. The molecule has 0 spiro atoms. The molecule has 170 valence electrons. The fourth-order valence-electron chi connectivity index (χ4n) is 4.89. The Morgan fingerprint density at radius 3 is 2.48 bits per heavy atom. The van der Waals surface area contributed by atoms with Gasteiger partial charge in [-0.15, -0.1) is 0 Å². The lowest BCUT2D eigenvalue weighted by Crippen LogP contribution is -2.68. The van der Waals surface area contributed by atoms with Gasteiger partial charge in [-0.1, -0.05) is 12.1 Å². The summed E-state index contributed by atoms with van der Waals surface area (Å²) in [6, 6.07) is 15.4. The van der Waals surface area contributed by atoms with Crippen LogP contribution in [0.4, 0.5) is 5.82 Å². The lowest BCUT2D eigenvalue weighted by atomic mass is 9.86. The molecule has 2 bridgehead atoms. The number of aryl methyl sites for hydroxylation is 1. The molecule has 5 heterocycles. The summed E-state index contributed by atoms with van der Waals surface area (Å²) in [5, 5.41) is 0. The molecule has 2 atom stereocenters. The summed E-state index contributed by atoms with van der Waals surface area (Å²) in [6.07, 6.45) is 3.42.